The number of H-pyrrole nitrogens is 1. The molecular formula is C12H19BrN4O. The number of hydrogen-bond donors (Lipinski definition) is 1. The SMILES string of the molecule is Cc1[nH]ncc1C(=O)N1CCCN(CCBr)CC1. The minimum Gasteiger partial charge on any atom is -0.337 e. The van der Waals surface area contributed by atoms with Gasteiger partial charge in [0.2, 0.25) is 0 Å². The zero-order valence-electron chi connectivity index (χ0n) is 10.7. The molecule has 0 saturated carbocycles. The minimum atomic E-state index is 0.0990. The Kier molecular flexibility index (Phi) is 4.77. The summed E-state index contributed by atoms with van der Waals surface area (Å²) in [5, 5.41) is 7.72. The number of aromatic amines is 1. The highest BCUT2D eigenvalue weighted by Crippen LogP contribution is 2.11. The Morgan fingerprint density at radius 1 is 1.44 bits per heavy atom. The van der Waals surface area contributed by atoms with Gasteiger partial charge in [-0.05, 0) is 19.9 Å². The van der Waals surface area contributed by atoms with Gasteiger partial charge < -0.3 is 9.80 Å². The van der Waals surface area contributed by atoms with Crippen molar-refractivity contribution in [2.24, 2.45) is 0 Å². The van der Waals surface area contributed by atoms with Gasteiger partial charge in [0.15, 0.2) is 0 Å². The molecule has 6 heteroatoms. The van der Waals surface area contributed by atoms with Gasteiger partial charge in [0.25, 0.3) is 5.91 Å². The second-order valence-corrected chi connectivity index (χ2v) is 5.38. The van der Waals surface area contributed by atoms with Crippen LogP contribution in [0, 0.1) is 6.92 Å². The molecule has 2 rings (SSSR count). The first-order valence-electron chi connectivity index (χ1n) is 6.30. The van der Waals surface area contributed by atoms with Crippen molar-refractivity contribution in [3.05, 3.63) is 17.5 Å². The molecule has 0 aromatic carbocycles. The van der Waals surface area contributed by atoms with Crippen LogP contribution in [0.25, 0.3) is 0 Å². The molecule has 1 aromatic rings. The molecule has 1 amide bonds. The molecule has 5 nitrogen and oxygen atoms in total. The van der Waals surface area contributed by atoms with Gasteiger partial charge in [0, 0.05) is 37.2 Å². The fourth-order valence-electron chi connectivity index (χ4n) is 2.25. The Morgan fingerprint density at radius 2 is 2.28 bits per heavy atom. The number of rotatable bonds is 3. The second-order valence-electron chi connectivity index (χ2n) is 4.59. The molecule has 100 valence electrons. The van der Waals surface area contributed by atoms with E-state index < -0.39 is 0 Å². The maximum atomic E-state index is 12.3. The maximum absolute atomic E-state index is 12.3. The van der Waals surface area contributed by atoms with Gasteiger partial charge in [-0.2, -0.15) is 5.10 Å². The van der Waals surface area contributed by atoms with Crippen molar-refractivity contribution < 1.29 is 4.79 Å². The third-order valence-electron chi connectivity index (χ3n) is 3.34. The summed E-state index contributed by atoms with van der Waals surface area (Å²) in [6.45, 7) is 6.59. The Bertz CT molecular complexity index is 407. The molecule has 0 spiro atoms. The van der Waals surface area contributed by atoms with E-state index in [0.29, 0.717) is 5.56 Å². The van der Waals surface area contributed by atoms with Crippen molar-refractivity contribution in [3.63, 3.8) is 0 Å². The van der Waals surface area contributed by atoms with Gasteiger partial charge in [-0.25, -0.2) is 0 Å². The summed E-state index contributed by atoms with van der Waals surface area (Å²) in [5.74, 6) is 0.0990. The molecule has 1 aliphatic rings. The number of amides is 1. The quantitative estimate of drug-likeness (QED) is 0.855. The van der Waals surface area contributed by atoms with E-state index in [1.165, 1.54) is 0 Å². The van der Waals surface area contributed by atoms with E-state index in [4.69, 9.17) is 0 Å². The fourth-order valence-corrected chi connectivity index (χ4v) is 2.76. The van der Waals surface area contributed by atoms with Crippen LogP contribution in [-0.4, -0.2) is 64.0 Å². The van der Waals surface area contributed by atoms with E-state index in [9.17, 15) is 4.79 Å². The van der Waals surface area contributed by atoms with Crippen LogP contribution in [-0.2, 0) is 0 Å². The number of aromatic nitrogens is 2. The average Bonchev–Trinajstić information content (AvgIpc) is 2.64. The highest BCUT2D eigenvalue weighted by molar-refractivity contribution is 9.09. The number of nitrogens with zero attached hydrogens (tertiary/aromatic N) is 3. The lowest BCUT2D eigenvalue weighted by molar-refractivity contribution is 0.0761. The highest BCUT2D eigenvalue weighted by atomic mass is 79.9. The number of carbonyl (C=O) groups is 1. The first-order valence-corrected chi connectivity index (χ1v) is 7.42. The van der Waals surface area contributed by atoms with Crippen LogP contribution >= 0.6 is 15.9 Å². The summed E-state index contributed by atoms with van der Waals surface area (Å²) in [7, 11) is 0. The lowest BCUT2D eigenvalue weighted by Gasteiger charge is -2.21. The van der Waals surface area contributed by atoms with Crippen molar-refractivity contribution in [1.29, 1.82) is 0 Å². The number of aryl methyl sites for hydroxylation is 1. The van der Waals surface area contributed by atoms with Crippen molar-refractivity contribution >= 4 is 21.8 Å². The summed E-state index contributed by atoms with van der Waals surface area (Å²) in [6.07, 6.45) is 2.66. The van der Waals surface area contributed by atoms with E-state index in [0.717, 1.165) is 50.2 Å². The first-order chi connectivity index (χ1) is 8.72. The van der Waals surface area contributed by atoms with E-state index in [1.807, 2.05) is 11.8 Å². The molecule has 0 bridgehead atoms. The van der Waals surface area contributed by atoms with Crippen molar-refractivity contribution in [1.82, 2.24) is 20.0 Å². The van der Waals surface area contributed by atoms with Crippen LogP contribution < -0.4 is 0 Å². The number of halogens is 1. The Morgan fingerprint density at radius 3 is 2.94 bits per heavy atom. The summed E-state index contributed by atoms with van der Waals surface area (Å²) in [6, 6.07) is 0. The largest absolute Gasteiger partial charge is 0.337 e. The smallest absolute Gasteiger partial charge is 0.257 e. The minimum absolute atomic E-state index is 0.0990. The highest BCUT2D eigenvalue weighted by Gasteiger charge is 2.21. The molecule has 18 heavy (non-hydrogen) atoms. The molecular weight excluding hydrogens is 296 g/mol. The van der Waals surface area contributed by atoms with E-state index in [1.54, 1.807) is 6.20 Å². The predicted molar refractivity (Wildman–Crippen MR) is 74.1 cm³/mol. The van der Waals surface area contributed by atoms with Crippen LogP contribution in [0.3, 0.4) is 0 Å². The summed E-state index contributed by atoms with van der Waals surface area (Å²) in [4.78, 5) is 16.7. The van der Waals surface area contributed by atoms with E-state index >= 15 is 0 Å². The van der Waals surface area contributed by atoms with Crippen LogP contribution in [0.1, 0.15) is 22.5 Å². The Hall–Kier alpha value is -0.880. The van der Waals surface area contributed by atoms with Crippen LogP contribution in [0.15, 0.2) is 6.20 Å². The third-order valence-corrected chi connectivity index (χ3v) is 3.69. The van der Waals surface area contributed by atoms with Gasteiger partial charge >= 0.3 is 0 Å². The summed E-state index contributed by atoms with van der Waals surface area (Å²) < 4.78 is 0. The lowest BCUT2D eigenvalue weighted by Crippen LogP contribution is -2.35. The average molecular weight is 315 g/mol. The summed E-state index contributed by atoms with van der Waals surface area (Å²) in [5.41, 5.74) is 1.55. The van der Waals surface area contributed by atoms with Gasteiger partial charge in [0.05, 0.1) is 11.8 Å². The lowest BCUT2D eigenvalue weighted by atomic mass is 10.2. The van der Waals surface area contributed by atoms with Crippen LogP contribution in [0.2, 0.25) is 0 Å². The normalized spacial score (nSPS) is 17.8. The fraction of sp³-hybridized carbons (Fsp3) is 0.667. The monoisotopic (exact) mass is 314 g/mol. The number of alkyl halides is 1. The van der Waals surface area contributed by atoms with E-state index in [-0.39, 0.29) is 5.91 Å². The first kappa shape index (κ1) is 13.5. The standard InChI is InChI=1S/C12H19BrN4O/c1-10-11(9-14-15-10)12(18)17-5-2-4-16(6-3-13)7-8-17/h9H,2-8H2,1H3,(H,14,15). The molecule has 0 radical (unpaired) electrons. The summed E-state index contributed by atoms with van der Waals surface area (Å²) >= 11 is 3.46. The maximum Gasteiger partial charge on any atom is 0.257 e. The van der Waals surface area contributed by atoms with Crippen molar-refractivity contribution in [2.45, 2.75) is 13.3 Å². The predicted octanol–water partition coefficient (Wildman–Crippen LogP) is 1.26. The number of hydrogen-bond acceptors (Lipinski definition) is 3. The van der Waals surface area contributed by atoms with Crippen molar-refractivity contribution in [2.75, 3.05) is 38.1 Å². The topological polar surface area (TPSA) is 52.2 Å². The molecule has 0 unspecified atom stereocenters. The van der Waals surface area contributed by atoms with Gasteiger partial charge in [0.1, 0.15) is 0 Å². The zero-order chi connectivity index (χ0) is 13.0. The molecule has 1 saturated heterocycles. The molecule has 0 atom stereocenters. The molecule has 0 aliphatic carbocycles. The number of nitrogens with one attached hydrogen (secondary N) is 1. The van der Waals surface area contributed by atoms with Gasteiger partial charge in [-0.1, -0.05) is 15.9 Å². The van der Waals surface area contributed by atoms with Crippen LogP contribution in [0.5, 0.6) is 0 Å². The number of carbonyl (C=O) groups excluding carboxylic acids is 1. The zero-order valence-corrected chi connectivity index (χ0v) is 12.2. The van der Waals surface area contributed by atoms with Crippen LogP contribution in [0.4, 0.5) is 0 Å². The third kappa shape index (κ3) is 3.11. The molecule has 1 N–H and O–H groups in total. The molecule has 2 heterocycles. The van der Waals surface area contributed by atoms with E-state index in [2.05, 4.69) is 31.0 Å². The van der Waals surface area contributed by atoms with Crippen molar-refractivity contribution in [3.8, 4) is 0 Å². The van der Waals surface area contributed by atoms with Gasteiger partial charge in [-0.15, -0.1) is 0 Å². The molecule has 1 fully saturated rings. The molecule has 1 aliphatic heterocycles. The van der Waals surface area contributed by atoms with Gasteiger partial charge in [-0.3, -0.25) is 9.89 Å². The Balaban J connectivity index is 1.98. The Labute approximate surface area is 116 Å². The second kappa shape index (κ2) is 6.33. The molecule has 1 aromatic heterocycles.